The number of nitrogens with one attached hydrogen (secondary N) is 1. The van der Waals surface area contributed by atoms with Crippen molar-refractivity contribution < 1.29 is 0 Å². The molecule has 1 N–H and O–H groups in total. The molecule has 1 nitrogen and oxygen atoms in total. The minimum absolute atomic E-state index is 0.657. The van der Waals surface area contributed by atoms with Gasteiger partial charge >= 0.3 is 0 Å². The molecule has 1 atom stereocenters. The third-order valence-electron chi connectivity index (χ3n) is 3.40. The van der Waals surface area contributed by atoms with E-state index < -0.39 is 0 Å². The average Bonchev–Trinajstić information content (AvgIpc) is 3.10. The van der Waals surface area contributed by atoms with E-state index in [2.05, 4.69) is 34.2 Å². The van der Waals surface area contributed by atoms with Crippen LogP contribution in [0.15, 0.2) is 22.7 Å². The summed E-state index contributed by atoms with van der Waals surface area (Å²) in [6, 6.07) is 6.65. The first-order chi connectivity index (χ1) is 8.19. The predicted octanol–water partition coefficient (Wildman–Crippen LogP) is 4.77. The second kappa shape index (κ2) is 6.21. The van der Waals surface area contributed by atoms with Crippen LogP contribution in [-0.4, -0.2) is 6.04 Å². The summed E-state index contributed by atoms with van der Waals surface area (Å²) in [6.45, 7) is 3.18. The van der Waals surface area contributed by atoms with Gasteiger partial charge < -0.3 is 5.32 Å². The molecule has 0 bridgehead atoms. The quantitative estimate of drug-likeness (QED) is 0.797. The van der Waals surface area contributed by atoms with Gasteiger partial charge in [0.15, 0.2) is 0 Å². The Hall–Kier alpha value is -0.0500. The first kappa shape index (κ1) is 13.4. The molecule has 0 radical (unpaired) electrons. The Morgan fingerprint density at radius 3 is 2.82 bits per heavy atom. The fourth-order valence-electron chi connectivity index (χ4n) is 2.07. The van der Waals surface area contributed by atoms with Gasteiger partial charge in [-0.3, -0.25) is 0 Å². The standard InChI is InChI=1S/C14H19BrClN/c1-2-13(7-10-3-4-10)17-9-11-5-6-12(16)8-14(11)15/h5-6,8,10,13,17H,2-4,7,9H2,1H3. The Morgan fingerprint density at radius 1 is 1.47 bits per heavy atom. The topological polar surface area (TPSA) is 12.0 Å². The fraction of sp³-hybridized carbons (Fsp3) is 0.571. The molecule has 1 aliphatic carbocycles. The van der Waals surface area contributed by atoms with Crippen LogP contribution in [-0.2, 0) is 6.54 Å². The Kier molecular flexibility index (Phi) is 4.89. The molecule has 0 heterocycles. The molecule has 1 fully saturated rings. The van der Waals surface area contributed by atoms with Gasteiger partial charge in [0.2, 0.25) is 0 Å². The maximum Gasteiger partial charge on any atom is 0.0417 e. The zero-order valence-corrected chi connectivity index (χ0v) is 12.5. The molecule has 94 valence electrons. The van der Waals surface area contributed by atoms with Gasteiger partial charge in [-0.1, -0.05) is 53.4 Å². The molecule has 0 aromatic heterocycles. The lowest BCUT2D eigenvalue weighted by atomic mass is 10.1. The fourth-order valence-corrected chi connectivity index (χ4v) is 2.89. The number of rotatable bonds is 6. The van der Waals surface area contributed by atoms with Crippen molar-refractivity contribution in [3.05, 3.63) is 33.3 Å². The van der Waals surface area contributed by atoms with Gasteiger partial charge in [-0.2, -0.15) is 0 Å². The van der Waals surface area contributed by atoms with E-state index in [9.17, 15) is 0 Å². The van der Waals surface area contributed by atoms with Crippen molar-refractivity contribution in [2.45, 2.75) is 45.2 Å². The highest BCUT2D eigenvalue weighted by molar-refractivity contribution is 9.10. The van der Waals surface area contributed by atoms with Crippen molar-refractivity contribution in [2.24, 2.45) is 5.92 Å². The van der Waals surface area contributed by atoms with Crippen LogP contribution in [0.2, 0.25) is 5.02 Å². The van der Waals surface area contributed by atoms with Crippen LogP contribution in [0.1, 0.15) is 38.2 Å². The lowest BCUT2D eigenvalue weighted by Gasteiger charge is -2.17. The van der Waals surface area contributed by atoms with Gasteiger partial charge in [-0.15, -0.1) is 0 Å². The highest BCUT2D eigenvalue weighted by atomic mass is 79.9. The first-order valence-electron chi connectivity index (χ1n) is 6.36. The summed E-state index contributed by atoms with van der Waals surface area (Å²) in [5.41, 5.74) is 1.28. The van der Waals surface area contributed by atoms with E-state index in [1.54, 1.807) is 0 Å². The van der Waals surface area contributed by atoms with Gasteiger partial charge in [-0.05, 0) is 36.5 Å². The van der Waals surface area contributed by atoms with Crippen LogP contribution in [0, 0.1) is 5.92 Å². The second-order valence-corrected chi connectivity index (χ2v) is 6.19. The van der Waals surface area contributed by atoms with Gasteiger partial charge in [0.05, 0.1) is 0 Å². The SMILES string of the molecule is CCC(CC1CC1)NCc1ccc(Cl)cc1Br. The Labute approximate surface area is 117 Å². The summed E-state index contributed by atoms with van der Waals surface area (Å²) < 4.78 is 1.10. The van der Waals surface area contributed by atoms with E-state index in [0.717, 1.165) is 22.0 Å². The molecule has 1 unspecified atom stereocenters. The van der Waals surface area contributed by atoms with Crippen molar-refractivity contribution in [2.75, 3.05) is 0 Å². The van der Waals surface area contributed by atoms with E-state index in [0.29, 0.717) is 6.04 Å². The van der Waals surface area contributed by atoms with E-state index in [4.69, 9.17) is 11.6 Å². The Morgan fingerprint density at radius 2 is 2.24 bits per heavy atom. The summed E-state index contributed by atoms with van der Waals surface area (Å²) in [6.07, 6.45) is 5.41. The summed E-state index contributed by atoms with van der Waals surface area (Å²) in [7, 11) is 0. The number of halogens is 2. The van der Waals surface area contributed by atoms with Crippen molar-refractivity contribution >= 4 is 27.5 Å². The van der Waals surface area contributed by atoms with E-state index in [-0.39, 0.29) is 0 Å². The normalized spacial score (nSPS) is 17.1. The first-order valence-corrected chi connectivity index (χ1v) is 7.53. The summed E-state index contributed by atoms with van der Waals surface area (Å²) in [5, 5.41) is 4.43. The van der Waals surface area contributed by atoms with Gasteiger partial charge in [0.25, 0.3) is 0 Å². The Bertz CT molecular complexity index is 376. The molecule has 1 aliphatic rings. The third-order valence-corrected chi connectivity index (χ3v) is 4.38. The molecule has 1 aromatic carbocycles. The minimum atomic E-state index is 0.657. The molecule has 1 aromatic rings. The largest absolute Gasteiger partial charge is 0.310 e. The molecule has 17 heavy (non-hydrogen) atoms. The third kappa shape index (κ3) is 4.27. The molecule has 0 saturated heterocycles. The van der Waals surface area contributed by atoms with Crippen molar-refractivity contribution in [1.82, 2.24) is 5.32 Å². The zero-order chi connectivity index (χ0) is 12.3. The molecule has 0 amide bonds. The molecule has 2 rings (SSSR count). The monoisotopic (exact) mass is 315 g/mol. The number of hydrogen-bond donors (Lipinski definition) is 1. The van der Waals surface area contributed by atoms with Crippen LogP contribution in [0.3, 0.4) is 0 Å². The van der Waals surface area contributed by atoms with E-state index in [1.165, 1.54) is 31.2 Å². The number of hydrogen-bond acceptors (Lipinski definition) is 1. The highest BCUT2D eigenvalue weighted by Crippen LogP contribution is 2.34. The lowest BCUT2D eigenvalue weighted by Crippen LogP contribution is -2.28. The molecular weight excluding hydrogens is 298 g/mol. The Balaban J connectivity index is 1.86. The van der Waals surface area contributed by atoms with Crippen molar-refractivity contribution in [1.29, 1.82) is 0 Å². The van der Waals surface area contributed by atoms with Gasteiger partial charge in [0, 0.05) is 22.1 Å². The van der Waals surface area contributed by atoms with Crippen LogP contribution < -0.4 is 5.32 Å². The van der Waals surface area contributed by atoms with Gasteiger partial charge in [0.1, 0.15) is 0 Å². The zero-order valence-electron chi connectivity index (χ0n) is 10.2. The van der Waals surface area contributed by atoms with Crippen molar-refractivity contribution in [3.8, 4) is 0 Å². The summed E-state index contributed by atoms with van der Waals surface area (Å²) in [5.74, 6) is 0.987. The van der Waals surface area contributed by atoms with Crippen LogP contribution in [0.4, 0.5) is 0 Å². The highest BCUT2D eigenvalue weighted by Gasteiger charge is 2.24. The van der Waals surface area contributed by atoms with E-state index >= 15 is 0 Å². The van der Waals surface area contributed by atoms with Crippen LogP contribution >= 0.6 is 27.5 Å². The lowest BCUT2D eigenvalue weighted by molar-refractivity contribution is 0.444. The summed E-state index contributed by atoms with van der Waals surface area (Å²) >= 11 is 9.49. The predicted molar refractivity (Wildman–Crippen MR) is 77.4 cm³/mol. The molecule has 3 heteroatoms. The van der Waals surface area contributed by atoms with Crippen LogP contribution in [0.25, 0.3) is 0 Å². The van der Waals surface area contributed by atoms with E-state index in [1.807, 2.05) is 12.1 Å². The smallest absolute Gasteiger partial charge is 0.0417 e. The molecule has 0 aliphatic heterocycles. The van der Waals surface area contributed by atoms with Crippen LogP contribution in [0.5, 0.6) is 0 Å². The minimum Gasteiger partial charge on any atom is -0.310 e. The second-order valence-electron chi connectivity index (χ2n) is 4.90. The molecular formula is C14H19BrClN. The number of benzene rings is 1. The van der Waals surface area contributed by atoms with Crippen molar-refractivity contribution in [3.63, 3.8) is 0 Å². The van der Waals surface area contributed by atoms with Gasteiger partial charge in [-0.25, -0.2) is 0 Å². The molecule has 1 saturated carbocycles. The summed E-state index contributed by atoms with van der Waals surface area (Å²) in [4.78, 5) is 0. The maximum atomic E-state index is 5.93. The average molecular weight is 317 g/mol. The molecule has 0 spiro atoms. The maximum absolute atomic E-state index is 5.93.